The molecule has 0 amide bonds. The maximum Gasteiger partial charge on any atom is 0.308 e. The van der Waals surface area contributed by atoms with Gasteiger partial charge in [-0.05, 0) is 0 Å². The number of hydrogen-bond acceptors (Lipinski definition) is 6. The van der Waals surface area contributed by atoms with Crippen molar-refractivity contribution >= 4 is 0 Å². The minimum Gasteiger partial charge on any atom is -0.394 e. The number of rotatable bonds is 1. The van der Waals surface area contributed by atoms with Crippen LogP contribution >= 0.6 is 0 Å². The monoisotopic (exact) mass is 180 g/mol. The molecule has 0 aromatic carbocycles. The molecule has 72 valence electrons. The van der Waals surface area contributed by atoms with Crippen LogP contribution in [0.5, 0.6) is 0 Å². The van der Waals surface area contributed by atoms with E-state index in [-0.39, 0.29) is 6.42 Å². The van der Waals surface area contributed by atoms with Gasteiger partial charge in [-0.3, -0.25) is 0 Å². The molecule has 1 saturated heterocycles. The lowest BCUT2D eigenvalue weighted by molar-refractivity contribution is -0.421. The van der Waals surface area contributed by atoms with E-state index < -0.39 is 30.9 Å². The summed E-state index contributed by atoms with van der Waals surface area (Å²) >= 11 is 0. The molecule has 6 heteroatoms. The Labute approximate surface area is 68.6 Å². The standard InChI is InChI=1S/C6H12O6/c7-2-3-1-4(8)5(9)6(10,11)12-3/h3-5,7-11H,1-2H2/t3-,4+,5-/m1/s1. The van der Waals surface area contributed by atoms with Gasteiger partial charge in [-0.2, -0.15) is 0 Å². The number of ether oxygens (including phenoxy) is 1. The molecule has 0 aromatic rings. The van der Waals surface area contributed by atoms with Crippen LogP contribution < -0.4 is 0 Å². The van der Waals surface area contributed by atoms with E-state index in [0.717, 1.165) is 0 Å². The third kappa shape index (κ3) is 1.74. The fourth-order valence-electron chi connectivity index (χ4n) is 1.12. The molecular formula is C6H12O6. The summed E-state index contributed by atoms with van der Waals surface area (Å²) in [4.78, 5) is 0. The molecule has 0 unspecified atom stereocenters. The van der Waals surface area contributed by atoms with Crippen LogP contribution in [-0.4, -0.2) is 56.4 Å². The second kappa shape index (κ2) is 3.25. The smallest absolute Gasteiger partial charge is 0.308 e. The van der Waals surface area contributed by atoms with Gasteiger partial charge >= 0.3 is 5.97 Å². The predicted octanol–water partition coefficient (Wildman–Crippen LogP) is -2.87. The Kier molecular flexibility index (Phi) is 2.67. The average molecular weight is 180 g/mol. The lowest BCUT2D eigenvalue weighted by Crippen LogP contribution is -2.58. The van der Waals surface area contributed by atoms with E-state index >= 15 is 0 Å². The first-order valence-corrected chi connectivity index (χ1v) is 3.57. The van der Waals surface area contributed by atoms with Crippen molar-refractivity contribution < 1.29 is 30.3 Å². The van der Waals surface area contributed by atoms with Crippen LogP contribution in [0.15, 0.2) is 0 Å². The molecule has 1 aliphatic heterocycles. The van der Waals surface area contributed by atoms with Crippen LogP contribution in [0.2, 0.25) is 0 Å². The molecule has 0 aromatic heterocycles. The number of hydrogen-bond donors (Lipinski definition) is 5. The molecule has 5 N–H and O–H groups in total. The fraction of sp³-hybridized carbons (Fsp3) is 1.00. The van der Waals surface area contributed by atoms with Crippen LogP contribution in [-0.2, 0) is 4.74 Å². The van der Waals surface area contributed by atoms with E-state index in [1.54, 1.807) is 0 Å². The normalized spacial score (nSPS) is 41.2. The molecule has 1 aliphatic rings. The average Bonchev–Trinajstić information content (AvgIpc) is 1.99. The zero-order valence-electron chi connectivity index (χ0n) is 6.29. The Balaban J connectivity index is 2.65. The zero-order valence-corrected chi connectivity index (χ0v) is 6.29. The van der Waals surface area contributed by atoms with Crippen molar-refractivity contribution in [2.45, 2.75) is 30.7 Å². The van der Waals surface area contributed by atoms with Crippen LogP contribution in [0.4, 0.5) is 0 Å². The first-order valence-electron chi connectivity index (χ1n) is 3.57. The van der Waals surface area contributed by atoms with Crippen LogP contribution in [0.25, 0.3) is 0 Å². The van der Waals surface area contributed by atoms with Gasteiger partial charge in [-0.15, -0.1) is 0 Å². The molecule has 12 heavy (non-hydrogen) atoms. The Morgan fingerprint density at radius 3 is 2.33 bits per heavy atom. The quantitative estimate of drug-likeness (QED) is 0.277. The summed E-state index contributed by atoms with van der Waals surface area (Å²) < 4.78 is 4.46. The lowest BCUT2D eigenvalue weighted by atomic mass is 10.0. The van der Waals surface area contributed by atoms with Crippen molar-refractivity contribution in [1.29, 1.82) is 0 Å². The number of aliphatic hydroxyl groups is 5. The summed E-state index contributed by atoms with van der Waals surface area (Å²) in [6.45, 7) is -0.438. The molecule has 0 radical (unpaired) electrons. The zero-order chi connectivity index (χ0) is 9.35. The summed E-state index contributed by atoms with van der Waals surface area (Å²) in [6.07, 6.45) is -3.95. The van der Waals surface area contributed by atoms with Crippen molar-refractivity contribution in [3.63, 3.8) is 0 Å². The van der Waals surface area contributed by atoms with Crippen molar-refractivity contribution in [1.82, 2.24) is 0 Å². The van der Waals surface area contributed by atoms with Gasteiger partial charge in [0.05, 0.1) is 18.8 Å². The summed E-state index contributed by atoms with van der Waals surface area (Å²) in [6, 6.07) is 0. The minimum absolute atomic E-state index is 0.0272. The molecule has 1 heterocycles. The van der Waals surface area contributed by atoms with Gasteiger partial charge in [0.25, 0.3) is 0 Å². The predicted molar refractivity (Wildman–Crippen MR) is 35.8 cm³/mol. The van der Waals surface area contributed by atoms with Crippen molar-refractivity contribution in [3.8, 4) is 0 Å². The highest BCUT2D eigenvalue weighted by atomic mass is 16.8. The molecule has 0 aliphatic carbocycles. The largest absolute Gasteiger partial charge is 0.394 e. The highest BCUT2D eigenvalue weighted by molar-refractivity contribution is 4.83. The van der Waals surface area contributed by atoms with E-state index in [2.05, 4.69) is 4.74 Å². The minimum atomic E-state index is -2.77. The summed E-state index contributed by atoms with van der Waals surface area (Å²) in [7, 11) is 0. The highest BCUT2D eigenvalue weighted by Crippen LogP contribution is 2.24. The molecule has 6 nitrogen and oxygen atoms in total. The van der Waals surface area contributed by atoms with E-state index in [1.807, 2.05) is 0 Å². The fourth-order valence-corrected chi connectivity index (χ4v) is 1.12. The van der Waals surface area contributed by atoms with Crippen molar-refractivity contribution in [2.75, 3.05) is 6.61 Å². The first kappa shape index (κ1) is 9.85. The summed E-state index contributed by atoms with van der Waals surface area (Å²) in [5.41, 5.74) is 0. The SMILES string of the molecule is OC[C@H]1C[C@H](O)[C@@H](O)C(O)(O)O1. The number of aliphatic hydroxyl groups excluding tert-OH is 3. The van der Waals surface area contributed by atoms with Crippen LogP contribution in [0, 0.1) is 0 Å². The molecule has 0 saturated carbocycles. The Morgan fingerprint density at radius 1 is 1.33 bits per heavy atom. The Morgan fingerprint density at radius 2 is 1.92 bits per heavy atom. The van der Waals surface area contributed by atoms with Crippen molar-refractivity contribution in [2.24, 2.45) is 0 Å². The maximum absolute atomic E-state index is 9.05. The summed E-state index contributed by atoms with van der Waals surface area (Å²) in [5, 5.41) is 44.5. The van der Waals surface area contributed by atoms with Crippen LogP contribution in [0.3, 0.4) is 0 Å². The maximum atomic E-state index is 9.05. The van der Waals surface area contributed by atoms with E-state index in [1.165, 1.54) is 0 Å². The third-order valence-corrected chi connectivity index (χ3v) is 1.80. The second-order valence-corrected chi connectivity index (χ2v) is 2.83. The Bertz CT molecular complexity index is 158. The van der Waals surface area contributed by atoms with Gasteiger partial charge in [0.1, 0.15) is 0 Å². The second-order valence-electron chi connectivity index (χ2n) is 2.83. The van der Waals surface area contributed by atoms with Crippen LogP contribution in [0.1, 0.15) is 6.42 Å². The molecule has 1 rings (SSSR count). The van der Waals surface area contributed by atoms with Gasteiger partial charge < -0.3 is 30.3 Å². The van der Waals surface area contributed by atoms with Gasteiger partial charge in [0, 0.05) is 6.42 Å². The highest BCUT2D eigenvalue weighted by Gasteiger charge is 2.46. The Hall–Kier alpha value is -0.240. The summed E-state index contributed by atoms with van der Waals surface area (Å²) in [5.74, 6) is -2.77. The lowest BCUT2D eigenvalue weighted by Gasteiger charge is -2.38. The van der Waals surface area contributed by atoms with Crippen molar-refractivity contribution in [3.05, 3.63) is 0 Å². The van der Waals surface area contributed by atoms with Gasteiger partial charge in [0.15, 0.2) is 6.10 Å². The first-order chi connectivity index (χ1) is 5.47. The van der Waals surface area contributed by atoms with Gasteiger partial charge in [0.2, 0.25) is 0 Å². The topological polar surface area (TPSA) is 110 Å². The molecule has 1 fully saturated rings. The molecule has 0 bridgehead atoms. The molecular weight excluding hydrogens is 168 g/mol. The van der Waals surface area contributed by atoms with Gasteiger partial charge in [-0.25, -0.2) is 0 Å². The molecule has 3 atom stereocenters. The third-order valence-electron chi connectivity index (χ3n) is 1.80. The van der Waals surface area contributed by atoms with Gasteiger partial charge in [-0.1, -0.05) is 0 Å². The van der Waals surface area contributed by atoms with E-state index in [9.17, 15) is 0 Å². The molecule has 0 spiro atoms. The van der Waals surface area contributed by atoms with E-state index in [0.29, 0.717) is 0 Å². The van der Waals surface area contributed by atoms with E-state index in [4.69, 9.17) is 25.5 Å².